The molecule has 0 spiro atoms. The first-order valence-electron chi connectivity index (χ1n) is 7.49. The normalized spacial score (nSPS) is 16.4. The molecular formula is C21H16O. The smallest absolute Gasteiger partial charge is 0.149 e. The van der Waals surface area contributed by atoms with Gasteiger partial charge in [0.15, 0.2) is 0 Å². The average Bonchev–Trinajstić information content (AvgIpc) is 2.62. The van der Waals surface area contributed by atoms with Crippen LogP contribution >= 0.6 is 0 Å². The van der Waals surface area contributed by atoms with Crippen molar-refractivity contribution >= 4 is 11.8 Å². The molecule has 0 fully saturated rings. The summed E-state index contributed by atoms with van der Waals surface area (Å²) in [5.41, 5.74) is 4.73. The molecule has 1 heteroatoms. The lowest BCUT2D eigenvalue weighted by Crippen LogP contribution is -2.11. The summed E-state index contributed by atoms with van der Waals surface area (Å²) in [6, 6.07) is 29.1. The minimum Gasteiger partial charge on any atom is -0.480 e. The molecule has 1 heterocycles. The molecule has 1 aliphatic rings. The maximum absolute atomic E-state index is 6.35. The predicted octanol–water partition coefficient (Wildman–Crippen LogP) is 5.30. The molecule has 0 amide bonds. The number of rotatable bonds is 2. The highest BCUT2D eigenvalue weighted by atomic mass is 16.5. The Morgan fingerprint density at radius 2 is 1.27 bits per heavy atom. The van der Waals surface area contributed by atoms with Crippen LogP contribution in [0.4, 0.5) is 0 Å². The second-order valence-electron chi connectivity index (χ2n) is 5.41. The summed E-state index contributed by atoms with van der Waals surface area (Å²) in [4.78, 5) is 0. The quantitative estimate of drug-likeness (QED) is 0.620. The van der Waals surface area contributed by atoms with E-state index in [4.69, 9.17) is 4.74 Å². The van der Waals surface area contributed by atoms with Crippen LogP contribution in [0.3, 0.4) is 0 Å². The van der Waals surface area contributed by atoms with Gasteiger partial charge in [-0.25, -0.2) is 0 Å². The summed E-state index contributed by atoms with van der Waals surface area (Å²) in [6.07, 6.45) is 2.07. The molecule has 22 heavy (non-hydrogen) atoms. The van der Waals surface area contributed by atoms with Gasteiger partial charge in [0.2, 0.25) is 0 Å². The average molecular weight is 284 g/mol. The molecule has 106 valence electrons. The highest BCUT2D eigenvalue weighted by Crippen LogP contribution is 2.39. The van der Waals surface area contributed by atoms with Gasteiger partial charge in [0, 0.05) is 11.1 Å². The minimum atomic E-state index is -0.0578. The van der Waals surface area contributed by atoms with Crippen molar-refractivity contribution in [2.24, 2.45) is 0 Å². The van der Waals surface area contributed by atoms with Crippen molar-refractivity contribution in [3.63, 3.8) is 0 Å². The minimum absolute atomic E-state index is 0.0578. The van der Waals surface area contributed by atoms with Crippen molar-refractivity contribution in [1.29, 1.82) is 0 Å². The van der Waals surface area contributed by atoms with Crippen LogP contribution in [0.5, 0.6) is 0 Å². The summed E-state index contributed by atoms with van der Waals surface area (Å²) in [5, 5.41) is 0. The summed E-state index contributed by atoms with van der Waals surface area (Å²) in [6.45, 7) is 0. The van der Waals surface area contributed by atoms with Gasteiger partial charge in [-0.2, -0.15) is 0 Å². The number of benzene rings is 3. The molecule has 0 aromatic heterocycles. The summed E-state index contributed by atoms with van der Waals surface area (Å²) >= 11 is 0. The maximum atomic E-state index is 6.35. The van der Waals surface area contributed by atoms with E-state index in [1.165, 1.54) is 16.7 Å². The molecule has 0 bridgehead atoms. The monoisotopic (exact) mass is 284 g/mol. The van der Waals surface area contributed by atoms with Gasteiger partial charge in [-0.05, 0) is 17.2 Å². The first-order valence-corrected chi connectivity index (χ1v) is 7.49. The largest absolute Gasteiger partial charge is 0.480 e. The van der Waals surface area contributed by atoms with E-state index in [1.54, 1.807) is 0 Å². The fourth-order valence-electron chi connectivity index (χ4n) is 2.88. The molecular weight excluding hydrogens is 268 g/mol. The van der Waals surface area contributed by atoms with Crippen molar-refractivity contribution in [2.75, 3.05) is 0 Å². The highest BCUT2D eigenvalue weighted by Gasteiger charge is 2.24. The Balaban J connectivity index is 1.84. The van der Waals surface area contributed by atoms with Crippen molar-refractivity contribution in [3.8, 4) is 0 Å². The third-order valence-electron chi connectivity index (χ3n) is 3.97. The summed E-state index contributed by atoms with van der Waals surface area (Å²) in [5.74, 6) is 0.924. The Hall–Kier alpha value is -2.80. The molecule has 0 radical (unpaired) electrons. The van der Waals surface area contributed by atoms with Gasteiger partial charge < -0.3 is 4.74 Å². The predicted molar refractivity (Wildman–Crippen MR) is 90.1 cm³/mol. The fraction of sp³-hybridized carbons (Fsp3) is 0.0476. The Morgan fingerprint density at radius 3 is 2.05 bits per heavy atom. The van der Waals surface area contributed by atoms with Gasteiger partial charge in [-0.1, -0.05) is 84.9 Å². The number of hydrogen-bond donors (Lipinski definition) is 0. The Bertz CT molecular complexity index is 804. The van der Waals surface area contributed by atoms with E-state index in [2.05, 4.69) is 66.7 Å². The Morgan fingerprint density at radius 1 is 0.636 bits per heavy atom. The lowest BCUT2D eigenvalue weighted by atomic mass is 9.93. The second kappa shape index (κ2) is 5.53. The molecule has 0 unspecified atom stereocenters. The lowest BCUT2D eigenvalue weighted by molar-refractivity contribution is 0.206. The Labute approximate surface area is 130 Å². The molecule has 0 saturated carbocycles. The first-order chi connectivity index (χ1) is 10.9. The number of fused-ring (bicyclic) bond motifs is 1. The van der Waals surface area contributed by atoms with E-state index in [1.807, 2.05) is 24.3 Å². The lowest BCUT2D eigenvalue weighted by Gasteiger charge is -2.27. The molecule has 3 aromatic carbocycles. The van der Waals surface area contributed by atoms with Crippen LogP contribution in [-0.2, 0) is 4.74 Å². The van der Waals surface area contributed by atoms with Crippen LogP contribution in [0.2, 0.25) is 0 Å². The van der Waals surface area contributed by atoms with Gasteiger partial charge in [-0.15, -0.1) is 0 Å². The molecule has 0 saturated heterocycles. The van der Waals surface area contributed by atoms with E-state index in [0.717, 1.165) is 11.3 Å². The third kappa shape index (κ3) is 2.31. The zero-order valence-corrected chi connectivity index (χ0v) is 12.1. The first kappa shape index (κ1) is 12.9. The van der Waals surface area contributed by atoms with Crippen LogP contribution in [0.1, 0.15) is 28.4 Å². The van der Waals surface area contributed by atoms with Crippen molar-refractivity contribution < 1.29 is 4.74 Å². The van der Waals surface area contributed by atoms with Gasteiger partial charge in [0.1, 0.15) is 11.9 Å². The summed E-state index contributed by atoms with van der Waals surface area (Å²) < 4.78 is 6.35. The molecule has 4 rings (SSSR count). The van der Waals surface area contributed by atoms with Crippen LogP contribution in [-0.4, -0.2) is 0 Å². The van der Waals surface area contributed by atoms with Gasteiger partial charge in [0.05, 0.1) is 0 Å². The summed E-state index contributed by atoms with van der Waals surface area (Å²) in [7, 11) is 0. The zero-order valence-electron chi connectivity index (χ0n) is 12.1. The standard InChI is InChI=1S/C21H16O/c1-3-9-16(10-4-1)20-15-18-13-7-8-14-19(18)21(22-20)17-11-5-2-6-12-17/h1-15,21H/t21-/m1/s1. The third-order valence-corrected chi connectivity index (χ3v) is 3.97. The van der Waals surface area contributed by atoms with E-state index in [9.17, 15) is 0 Å². The zero-order chi connectivity index (χ0) is 14.8. The van der Waals surface area contributed by atoms with Gasteiger partial charge in [-0.3, -0.25) is 0 Å². The van der Waals surface area contributed by atoms with E-state index >= 15 is 0 Å². The van der Waals surface area contributed by atoms with E-state index in [0.29, 0.717) is 0 Å². The SMILES string of the molecule is C1=C(c2ccccc2)O[C@H](c2ccccc2)c2ccccc21. The van der Waals surface area contributed by atoms with Crippen molar-refractivity contribution in [3.05, 3.63) is 107 Å². The second-order valence-corrected chi connectivity index (χ2v) is 5.41. The molecule has 0 N–H and O–H groups in total. The van der Waals surface area contributed by atoms with Gasteiger partial charge in [0.25, 0.3) is 0 Å². The topological polar surface area (TPSA) is 9.23 Å². The van der Waals surface area contributed by atoms with Crippen LogP contribution < -0.4 is 0 Å². The van der Waals surface area contributed by atoms with E-state index < -0.39 is 0 Å². The molecule has 1 nitrogen and oxygen atoms in total. The molecule has 1 aliphatic heterocycles. The van der Waals surface area contributed by atoms with Crippen LogP contribution in [0.15, 0.2) is 84.9 Å². The van der Waals surface area contributed by atoms with Crippen molar-refractivity contribution in [2.45, 2.75) is 6.10 Å². The number of ether oxygens (including phenoxy) is 1. The van der Waals surface area contributed by atoms with E-state index in [-0.39, 0.29) is 6.10 Å². The fourth-order valence-corrected chi connectivity index (χ4v) is 2.88. The van der Waals surface area contributed by atoms with Gasteiger partial charge >= 0.3 is 0 Å². The Kier molecular flexibility index (Phi) is 3.24. The molecule has 0 aliphatic carbocycles. The number of hydrogen-bond acceptors (Lipinski definition) is 1. The van der Waals surface area contributed by atoms with Crippen LogP contribution in [0, 0.1) is 0 Å². The van der Waals surface area contributed by atoms with Crippen LogP contribution in [0.25, 0.3) is 11.8 Å². The highest BCUT2D eigenvalue weighted by molar-refractivity contribution is 5.80. The molecule has 1 atom stereocenters. The molecule has 3 aromatic rings. The maximum Gasteiger partial charge on any atom is 0.149 e. The van der Waals surface area contributed by atoms with Crippen molar-refractivity contribution in [1.82, 2.24) is 0 Å².